The normalized spacial score (nSPS) is 12.9. The van der Waals surface area contributed by atoms with Crippen LogP contribution in [-0.2, 0) is 0 Å². The Morgan fingerprint density at radius 3 is 2.21 bits per heavy atom. The minimum Gasteiger partial charge on any atom is -0.491 e. The van der Waals surface area contributed by atoms with Crippen LogP contribution in [0.3, 0.4) is 0 Å². The maximum atomic E-state index is 5.55. The maximum Gasteiger partial charge on any atom is 0.119 e. The first kappa shape index (κ1) is 11.5. The molecule has 1 aromatic rings. The molecule has 1 aromatic carbocycles. The van der Waals surface area contributed by atoms with Gasteiger partial charge in [0.2, 0.25) is 0 Å². The molecule has 2 nitrogen and oxygen atoms in total. The summed E-state index contributed by atoms with van der Waals surface area (Å²) in [5.74, 6) is 0.916. The Labute approximate surface area is 93.8 Å². The van der Waals surface area contributed by atoms with Crippen molar-refractivity contribution in [1.29, 1.82) is 0 Å². The highest BCUT2D eigenvalue weighted by Gasteiger charge is 2.04. The van der Waals surface area contributed by atoms with Crippen LogP contribution in [0.5, 0.6) is 5.75 Å². The lowest BCUT2D eigenvalue weighted by molar-refractivity contribution is 0.242. The van der Waals surface area contributed by atoms with Crippen molar-refractivity contribution in [3.8, 4) is 5.75 Å². The second kappa shape index (κ2) is 5.37. The van der Waals surface area contributed by atoms with Gasteiger partial charge in [-0.05, 0) is 38.6 Å². The maximum absolute atomic E-state index is 5.55. The molecular formula is C11H16BrNO. The van der Waals surface area contributed by atoms with Crippen LogP contribution in [0.4, 0.5) is 0 Å². The summed E-state index contributed by atoms with van der Waals surface area (Å²) in [7, 11) is 1.91. The Morgan fingerprint density at radius 1 is 1.21 bits per heavy atom. The number of nitrogens with one attached hydrogen (secondary N) is 1. The van der Waals surface area contributed by atoms with Crippen molar-refractivity contribution in [3.05, 3.63) is 29.8 Å². The Kier molecular flexibility index (Phi) is 4.42. The van der Waals surface area contributed by atoms with Gasteiger partial charge in [-0.25, -0.2) is 0 Å². The molecule has 78 valence electrons. The number of alkyl halides is 1. The lowest BCUT2D eigenvalue weighted by Gasteiger charge is -2.12. The zero-order chi connectivity index (χ0) is 10.6. The van der Waals surface area contributed by atoms with Crippen LogP contribution in [0.25, 0.3) is 0 Å². The van der Waals surface area contributed by atoms with E-state index in [1.807, 2.05) is 45.2 Å². The first-order chi connectivity index (χ1) is 6.63. The summed E-state index contributed by atoms with van der Waals surface area (Å²) in [6.07, 6.45) is 0.227. The van der Waals surface area contributed by atoms with Gasteiger partial charge in [0, 0.05) is 0 Å². The van der Waals surface area contributed by atoms with Crippen LogP contribution in [0.2, 0.25) is 0 Å². The van der Waals surface area contributed by atoms with E-state index in [2.05, 4.69) is 21.2 Å². The van der Waals surface area contributed by atoms with Gasteiger partial charge >= 0.3 is 0 Å². The number of benzene rings is 1. The molecule has 0 saturated heterocycles. The SMILES string of the molecule is CNC(Br)c1ccc(OC(C)C)cc1. The molecule has 0 radical (unpaired) electrons. The fourth-order valence-corrected chi connectivity index (χ4v) is 1.46. The third-order valence-corrected chi connectivity index (χ3v) is 2.78. The van der Waals surface area contributed by atoms with Crippen LogP contribution < -0.4 is 10.1 Å². The van der Waals surface area contributed by atoms with Crippen molar-refractivity contribution < 1.29 is 4.74 Å². The van der Waals surface area contributed by atoms with E-state index in [-0.39, 0.29) is 11.1 Å². The van der Waals surface area contributed by atoms with Crippen molar-refractivity contribution >= 4 is 15.9 Å². The molecule has 0 fully saturated rings. The molecule has 0 saturated carbocycles. The topological polar surface area (TPSA) is 21.3 Å². The Hall–Kier alpha value is -0.540. The second-order valence-corrected chi connectivity index (χ2v) is 4.30. The first-order valence-electron chi connectivity index (χ1n) is 4.71. The molecular weight excluding hydrogens is 242 g/mol. The van der Waals surface area contributed by atoms with Gasteiger partial charge in [0.05, 0.1) is 11.1 Å². The summed E-state index contributed by atoms with van der Waals surface area (Å²) in [5, 5.41) is 3.12. The Balaban J connectivity index is 2.68. The molecule has 1 unspecified atom stereocenters. The van der Waals surface area contributed by atoms with E-state index in [1.54, 1.807) is 0 Å². The lowest BCUT2D eigenvalue weighted by Crippen LogP contribution is -2.09. The molecule has 1 rings (SSSR count). The molecule has 0 aliphatic rings. The van der Waals surface area contributed by atoms with E-state index in [0.29, 0.717) is 0 Å². The first-order valence-corrected chi connectivity index (χ1v) is 5.63. The molecule has 0 amide bonds. The minimum absolute atomic E-state index is 0.204. The summed E-state index contributed by atoms with van der Waals surface area (Å²) in [6, 6.07) is 8.07. The largest absolute Gasteiger partial charge is 0.491 e. The molecule has 0 aliphatic carbocycles. The highest BCUT2D eigenvalue weighted by atomic mass is 79.9. The van der Waals surface area contributed by atoms with Crippen molar-refractivity contribution in [2.45, 2.75) is 24.9 Å². The standard InChI is InChI=1S/C11H16BrNO/c1-8(2)14-10-6-4-9(5-7-10)11(12)13-3/h4-8,11,13H,1-3H3. The lowest BCUT2D eigenvalue weighted by atomic mass is 10.2. The summed E-state index contributed by atoms with van der Waals surface area (Å²) in [4.78, 5) is 0.204. The number of hydrogen-bond acceptors (Lipinski definition) is 2. The van der Waals surface area contributed by atoms with Crippen LogP contribution in [0.1, 0.15) is 24.4 Å². The predicted octanol–water partition coefficient (Wildman–Crippen LogP) is 3.09. The monoisotopic (exact) mass is 257 g/mol. The van der Waals surface area contributed by atoms with Gasteiger partial charge in [0.15, 0.2) is 0 Å². The molecule has 0 bridgehead atoms. The number of ether oxygens (including phenoxy) is 1. The van der Waals surface area contributed by atoms with Crippen LogP contribution in [-0.4, -0.2) is 13.2 Å². The van der Waals surface area contributed by atoms with E-state index in [1.165, 1.54) is 5.56 Å². The molecule has 0 heterocycles. The quantitative estimate of drug-likeness (QED) is 0.662. The van der Waals surface area contributed by atoms with Crippen molar-refractivity contribution in [2.75, 3.05) is 7.05 Å². The fraction of sp³-hybridized carbons (Fsp3) is 0.455. The molecule has 1 N–H and O–H groups in total. The molecule has 3 heteroatoms. The summed E-state index contributed by atoms with van der Waals surface area (Å²) >= 11 is 3.51. The molecule has 14 heavy (non-hydrogen) atoms. The Morgan fingerprint density at radius 2 is 1.79 bits per heavy atom. The van der Waals surface area contributed by atoms with Gasteiger partial charge in [-0.15, -0.1) is 0 Å². The zero-order valence-electron chi connectivity index (χ0n) is 8.75. The third kappa shape index (κ3) is 3.31. The van der Waals surface area contributed by atoms with E-state index in [4.69, 9.17) is 4.74 Å². The molecule has 1 atom stereocenters. The van der Waals surface area contributed by atoms with Gasteiger partial charge in [-0.1, -0.05) is 28.1 Å². The number of halogens is 1. The van der Waals surface area contributed by atoms with E-state index < -0.39 is 0 Å². The average molecular weight is 258 g/mol. The van der Waals surface area contributed by atoms with Crippen molar-refractivity contribution in [3.63, 3.8) is 0 Å². The van der Waals surface area contributed by atoms with Gasteiger partial charge in [-0.3, -0.25) is 0 Å². The molecule has 0 aliphatic heterocycles. The van der Waals surface area contributed by atoms with Crippen LogP contribution >= 0.6 is 15.9 Å². The summed E-state index contributed by atoms with van der Waals surface area (Å²) in [5.41, 5.74) is 1.20. The van der Waals surface area contributed by atoms with E-state index in [0.717, 1.165) is 5.75 Å². The summed E-state index contributed by atoms with van der Waals surface area (Å²) in [6.45, 7) is 4.05. The van der Waals surface area contributed by atoms with Gasteiger partial charge in [0.25, 0.3) is 0 Å². The Bertz CT molecular complexity index is 271. The van der Waals surface area contributed by atoms with Gasteiger partial charge in [-0.2, -0.15) is 0 Å². The highest BCUT2D eigenvalue weighted by Crippen LogP contribution is 2.22. The van der Waals surface area contributed by atoms with Gasteiger partial charge in [0.1, 0.15) is 5.75 Å². The fourth-order valence-electron chi connectivity index (χ4n) is 1.15. The van der Waals surface area contributed by atoms with Crippen LogP contribution in [0, 0.1) is 0 Å². The molecule has 0 aromatic heterocycles. The number of hydrogen-bond donors (Lipinski definition) is 1. The average Bonchev–Trinajstić information content (AvgIpc) is 2.17. The van der Waals surface area contributed by atoms with Crippen LogP contribution in [0.15, 0.2) is 24.3 Å². The van der Waals surface area contributed by atoms with Crippen molar-refractivity contribution in [1.82, 2.24) is 5.32 Å². The molecule has 0 spiro atoms. The van der Waals surface area contributed by atoms with Gasteiger partial charge < -0.3 is 10.1 Å². The minimum atomic E-state index is 0.204. The summed E-state index contributed by atoms with van der Waals surface area (Å²) < 4.78 is 5.55. The third-order valence-electron chi connectivity index (χ3n) is 1.80. The van der Waals surface area contributed by atoms with E-state index in [9.17, 15) is 0 Å². The van der Waals surface area contributed by atoms with E-state index >= 15 is 0 Å². The number of rotatable bonds is 4. The zero-order valence-corrected chi connectivity index (χ0v) is 10.3. The predicted molar refractivity (Wildman–Crippen MR) is 62.9 cm³/mol. The second-order valence-electron chi connectivity index (χ2n) is 3.39. The smallest absolute Gasteiger partial charge is 0.119 e. The van der Waals surface area contributed by atoms with Crippen molar-refractivity contribution in [2.24, 2.45) is 0 Å². The highest BCUT2D eigenvalue weighted by molar-refractivity contribution is 9.09.